The first-order valence-corrected chi connectivity index (χ1v) is 9.53. The van der Waals surface area contributed by atoms with Gasteiger partial charge in [-0.15, -0.1) is 0 Å². The Kier molecular flexibility index (Phi) is 6.90. The topological polar surface area (TPSA) is 173 Å². The van der Waals surface area contributed by atoms with Crippen LogP contribution in [-0.2, 0) is 18.9 Å². The number of hydrogen-bond donors (Lipinski definition) is 5. The highest BCUT2D eigenvalue weighted by Crippen LogP contribution is 2.37. The second-order valence-corrected chi connectivity index (χ2v) is 7.36. The summed E-state index contributed by atoms with van der Waals surface area (Å²) in [6, 6.07) is 1.08. The number of rotatable bonds is 7. The summed E-state index contributed by atoms with van der Waals surface area (Å²) in [4.78, 5) is 25.4. The van der Waals surface area contributed by atoms with Crippen molar-refractivity contribution < 1.29 is 39.4 Å². The number of aliphatic hydroxyl groups excluding tert-OH is 4. The zero-order valence-electron chi connectivity index (χ0n) is 14.9. The van der Waals surface area contributed by atoms with Crippen molar-refractivity contribution in [3.05, 3.63) is 45.9 Å². The molecular weight excluding hydrogens is 460 g/mol. The molecule has 1 aromatic rings. The van der Waals surface area contributed by atoms with Crippen LogP contribution in [0.1, 0.15) is 6.23 Å². The van der Waals surface area contributed by atoms with Crippen LogP contribution in [0.25, 0.3) is 0 Å². The number of aromatic amines is 1. The van der Waals surface area contributed by atoms with E-state index in [-0.39, 0.29) is 0 Å². The van der Waals surface area contributed by atoms with E-state index in [9.17, 15) is 30.0 Å². The Bertz CT molecular complexity index is 830. The van der Waals surface area contributed by atoms with Gasteiger partial charge in [0.2, 0.25) is 0 Å². The Morgan fingerprint density at radius 2 is 2.00 bits per heavy atom. The molecule has 2 saturated heterocycles. The minimum absolute atomic E-state index is 0.554. The van der Waals surface area contributed by atoms with Gasteiger partial charge in [-0.3, -0.25) is 14.3 Å². The van der Waals surface area contributed by atoms with Crippen molar-refractivity contribution in [1.82, 2.24) is 9.55 Å². The van der Waals surface area contributed by atoms with Gasteiger partial charge in [0.25, 0.3) is 5.56 Å². The molecule has 1 aromatic heterocycles. The molecule has 5 N–H and O–H groups in total. The maximum absolute atomic E-state index is 12.1. The van der Waals surface area contributed by atoms with Crippen molar-refractivity contribution in [2.45, 2.75) is 54.2 Å². The molecule has 29 heavy (non-hydrogen) atoms. The number of aromatic nitrogens is 2. The number of H-pyrrole nitrogens is 1. The lowest BCUT2D eigenvalue weighted by Gasteiger charge is -2.27. The van der Waals surface area contributed by atoms with Gasteiger partial charge < -0.3 is 39.4 Å². The molecule has 0 saturated carbocycles. The average molecular weight is 481 g/mol. The molecule has 13 heteroatoms. The number of aliphatic hydroxyl groups is 4. The molecule has 2 aliphatic heterocycles. The number of ether oxygens (including phenoxy) is 4. The van der Waals surface area contributed by atoms with Crippen LogP contribution in [0.2, 0.25) is 0 Å². The summed E-state index contributed by atoms with van der Waals surface area (Å²) in [5.41, 5.74) is -1.44. The van der Waals surface area contributed by atoms with Gasteiger partial charge in [0.1, 0.15) is 36.6 Å². The SMILES string of the molecule is C=COC(Br)[C@H]1O[C@@H](n2ccc(=O)[nH]c2=O)[C@H](O)[C@@H]1OC1O[C@H](CO)[C@@H](O)[C@@H]1O. The van der Waals surface area contributed by atoms with E-state index in [1.165, 1.54) is 0 Å². The molecule has 2 unspecified atom stereocenters. The molecule has 0 spiro atoms. The van der Waals surface area contributed by atoms with Gasteiger partial charge in [0.15, 0.2) is 17.5 Å². The van der Waals surface area contributed by atoms with Crippen molar-refractivity contribution in [3.8, 4) is 0 Å². The van der Waals surface area contributed by atoms with Crippen LogP contribution in [0, 0.1) is 0 Å². The number of hydrogen-bond acceptors (Lipinski definition) is 10. The van der Waals surface area contributed by atoms with Crippen molar-refractivity contribution in [2.75, 3.05) is 6.61 Å². The Balaban J connectivity index is 1.87. The van der Waals surface area contributed by atoms with Gasteiger partial charge in [-0.25, -0.2) is 4.79 Å². The predicted octanol–water partition coefficient (Wildman–Crippen LogP) is -2.50. The maximum atomic E-state index is 12.1. The minimum atomic E-state index is -1.50. The van der Waals surface area contributed by atoms with E-state index < -0.39 is 72.0 Å². The summed E-state index contributed by atoms with van der Waals surface area (Å²) in [5.74, 6) is 0. The summed E-state index contributed by atoms with van der Waals surface area (Å²) < 4.78 is 22.8. The Labute approximate surface area is 172 Å². The first-order chi connectivity index (χ1) is 13.8. The summed E-state index contributed by atoms with van der Waals surface area (Å²) in [6.45, 7) is 2.88. The lowest BCUT2D eigenvalue weighted by atomic mass is 10.1. The Hall–Kier alpha value is -1.58. The Morgan fingerprint density at radius 1 is 1.28 bits per heavy atom. The molecule has 3 heterocycles. The highest BCUT2D eigenvalue weighted by atomic mass is 79.9. The minimum Gasteiger partial charge on any atom is -0.485 e. The van der Waals surface area contributed by atoms with Gasteiger partial charge in [-0.1, -0.05) is 6.58 Å². The molecule has 3 rings (SSSR count). The quantitative estimate of drug-likeness (QED) is 0.207. The third kappa shape index (κ3) is 4.32. The van der Waals surface area contributed by atoms with E-state index in [4.69, 9.17) is 18.9 Å². The monoisotopic (exact) mass is 480 g/mol. The van der Waals surface area contributed by atoms with Crippen LogP contribution in [0.15, 0.2) is 34.7 Å². The second-order valence-electron chi connectivity index (χ2n) is 6.46. The van der Waals surface area contributed by atoms with Crippen LogP contribution in [-0.4, -0.2) is 84.5 Å². The fraction of sp³-hybridized carbons (Fsp3) is 0.625. The summed E-state index contributed by atoms with van der Waals surface area (Å²) >= 11 is 3.22. The van der Waals surface area contributed by atoms with E-state index in [2.05, 4.69) is 27.5 Å². The third-order valence-corrected chi connectivity index (χ3v) is 5.39. The van der Waals surface area contributed by atoms with E-state index in [1.807, 2.05) is 0 Å². The summed E-state index contributed by atoms with van der Waals surface area (Å²) in [6.07, 6.45) is -8.03. The molecule has 2 aliphatic rings. The maximum Gasteiger partial charge on any atom is 0.330 e. The molecule has 2 fully saturated rings. The fourth-order valence-electron chi connectivity index (χ4n) is 3.20. The average Bonchev–Trinajstić information content (AvgIpc) is 3.14. The van der Waals surface area contributed by atoms with E-state index in [0.717, 1.165) is 23.1 Å². The molecule has 0 aromatic carbocycles. The lowest BCUT2D eigenvalue weighted by molar-refractivity contribution is -0.216. The van der Waals surface area contributed by atoms with Crippen molar-refractivity contribution in [2.24, 2.45) is 0 Å². The standard InChI is InChI=1S/C16H21BrN2O10/c1-2-26-13(17)12-11(29-15-9(23)8(22)6(5-20)27-15)10(24)14(28-12)19-4-3-7(21)18-16(19)25/h2-4,6,8-15,20,22-24H,1,5H2,(H,18,21,25)/t6-,8-,9+,10-,11+,12+,13?,14-,15?/m1/s1. The number of nitrogens with zero attached hydrogens (tertiary/aromatic N) is 1. The van der Waals surface area contributed by atoms with E-state index in [0.29, 0.717) is 0 Å². The zero-order chi connectivity index (χ0) is 21.3. The van der Waals surface area contributed by atoms with Crippen LogP contribution in [0.3, 0.4) is 0 Å². The molecule has 0 radical (unpaired) electrons. The van der Waals surface area contributed by atoms with Crippen molar-refractivity contribution >= 4 is 15.9 Å². The largest absolute Gasteiger partial charge is 0.485 e. The van der Waals surface area contributed by atoms with Gasteiger partial charge >= 0.3 is 5.69 Å². The van der Waals surface area contributed by atoms with Crippen molar-refractivity contribution in [1.29, 1.82) is 0 Å². The van der Waals surface area contributed by atoms with Gasteiger partial charge in [-0.2, -0.15) is 0 Å². The molecule has 0 aliphatic carbocycles. The molecule has 12 nitrogen and oxygen atoms in total. The highest BCUT2D eigenvalue weighted by molar-refractivity contribution is 9.09. The predicted molar refractivity (Wildman–Crippen MR) is 97.9 cm³/mol. The van der Waals surface area contributed by atoms with Crippen LogP contribution in [0.4, 0.5) is 0 Å². The highest BCUT2D eigenvalue weighted by Gasteiger charge is 2.53. The zero-order valence-corrected chi connectivity index (χ0v) is 16.5. The Morgan fingerprint density at radius 3 is 2.59 bits per heavy atom. The summed E-state index contributed by atoms with van der Waals surface area (Å²) in [5, 5.41) is 39.1. The van der Waals surface area contributed by atoms with E-state index in [1.54, 1.807) is 0 Å². The van der Waals surface area contributed by atoms with Gasteiger partial charge in [0, 0.05) is 12.3 Å². The number of halogens is 1. The van der Waals surface area contributed by atoms with E-state index >= 15 is 0 Å². The van der Waals surface area contributed by atoms with Gasteiger partial charge in [-0.05, 0) is 15.9 Å². The molecule has 9 atom stereocenters. The molecular formula is C16H21BrN2O10. The molecule has 0 bridgehead atoms. The van der Waals surface area contributed by atoms with Crippen LogP contribution < -0.4 is 11.2 Å². The number of alkyl halides is 1. The second kappa shape index (κ2) is 9.06. The first kappa shape index (κ1) is 22.1. The van der Waals surface area contributed by atoms with Crippen molar-refractivity contribution in [3.63, 3.8) is 0 Å². The summed E-state index contributed by atoms with van der Waals surface area (Å²) in [7, 11) is 0. The first-order valence-electron chi connectivity index (χ1n) is 8.61. The van der Waals surface area contributed by atoms with Crippen LogP contribution >= 0.6 is 15.9 Å². The third-order valence-electron chi connectivity index (χ3n) is 4.65. The lowest BCUT2D eigenvalue weighted by Crippen LogP contribution is -2.45. The fourth-order valence-corrected chi connectivity index (χ4v) is 3.78. The number of nitrogens with one attached hydrogen (secondary N) is 1. The van der Waals surface area contributed by atoms with Crippen LogP contribution in [0.5, 0.6) is 0 Å². The normalized spacial score (nSPS) is 38.1. The molecule has 162 valence electrons. The van der Waals surface area contributed by atoms with Gasteiger partial charge in [0.05, 0.1) is 12.9 Å². The molecule has 0 amide bonds. The smallest absolute Gasteiger partial charge is 0.330 e.